The first-order chi connectivity index (χ1) is 10.0. The summed E-state index contributed by atoms with van der Waals surface area (Å²) < 4.78 is 0. The van der Waals surface area contributed by atoms with Crippen molar-refractivity contribution in [3.8, 4) is 5.75 Å². The standard InChI is InChI=1S/C18H26N2O/c1-4-5-6-10-18(2,3)13-20-17-16-12-15(21)8-7-14(16)9-11-19-17/h7-9,11-12,21H,4-6,10,13H2,1-3H3,(H,19,20). The highest BCUT2D eigenvalue weighted by molar-refractivity contribution is 5.92. The second kappa shape index (κ2) is 6.79. The number of nitrogens with one attached hydrogen (secondary N) is 1. The second-order valence-electron chi connectivity index (χ2n) is 6.54. The number of fused-ring (bicyclic) bond motifs is 1. The molecule has 0 radical (unpaired) electrons. The largest absolute Gasteiger partial charge is 0.508 e. The van der Waals surface area contributed by atoms with Crippen molar-refractivity contribution >= 4 is 16.6 Å². The van der Waals surface area contributed by atoms with Crippen LogP contribution in [0, 0.1) is 5.41 Å². The lowest BCUT2D eigenvalue weighted by Crippen LogP contribution is -2.23. The number of phenols is 1. The van der Waals surface area contributed by atoms with Crippen LogP contribution in [0.15, 0.2) is 30.5 Å². The van der Waals surface area contributed by atoms with Gasteiger partial charge < -0.3 is 10.4 Å². The molecule has 2 aromatic rings. The Morgan fingerprint density at radius 3 is 2.76 bits per heavy atom. The number of anilines is 1. The molecule has 0 unspecified atom stereocenters. The number of benzene rings is 1. The van der Waals surface area contributed by atoms with Crippen molar-refractivity contribution in [2.45, 2.75) is 46.5 Å². The van der Waals surface area contributed by atoms with E-state index in [1.165, 1.54) is 25.7 Å². The average molecular weight is 286 g/mol. The third-order valence-corrected chi connectivity index (χ3v) is 3.94. The average Bonchev–Trinajstić information content (AvgIpc) is 2.45. The number of rotatable bonds is 7. The second-order valence-corrected chi connectivity index (χ2v) is 6.54. The highest BCUT2D eigenvalue weighted by Gasteiger charge is 2.17. The van der Waals surface area contributed by atoms with Crippen molar-refractivity contribution in [3.63, 3.8) is 0 Å². The van der Waals surface area contributed by atoms with Gasteiger partial charge in [0.05, 0.1) is 0 Å². The third-order valence-electron chi connectivity index (χ3n) is 3.94. The number of nitrogens with zero attached hydrogens (tertiary/aromatic N) is 1. The molecule has 1 heterocycles. The summed E-state index contributed by atoms with van der Waals surface area (Å²) in [6.45, 7) is 7.70. The predicted octanol–water partition coefficient (Wildman–Crippen LogP) is 4.96. The molecule has 3 nitrogen and oxygen atoms in total. The van der Waals surface area contributed by atoms with Crippen molar-refractivity contribution in [3.05, 3.63) is 30.5 Å². The van der Waals surface area contributed by atoms with E-state index in [1.807, 2.05) is 18.3 Å². The van der Waals surface area contributed by atoms with Crippen LogP contribution in [0.25, 0.3) is 10.8 Å². The summed E-state index contributed by atoms with van der Waals surface area (Å²) in [5.41, 5.74) is 0.246. The number of aromatic nitrogens is 1. The Bertz CT molecular complexity index is 593. The molecular formula is C18H26N2O. The third kappa shape index (κ3) is 4.35. The Balaban J connectivity index is 2.07. The fourth-order valence-corrected chi connectivity index (χ4v) is 2.56. The monoisotopic (exact) mass is 286 g/mol. The summed E-state index contributed by atoms with van der Waals surface area (Å²) in [6.07, 6.45) is 6.85. The van der Waals surface area contributed by atoms with Crippen LogP contribution in [0.5, 0.6) is 5.75 Å². The van der Waals surface area contributed by atoms with Crippen molar-refractivity contribution in [2.24, 2.45) is 5.41 Å². The van der Waals surface area contributed by atoms with Gasteiger partial charge in [-0.15, -0.1) is 0 Å². The van der Waals surface area contributed by atoms with Crippen LogP contribution in [0.2, 0.25) is 0 Å². The van der Waals surface area contributed by atoms with Crippen molar-refractivity contribution in [1.29, 1.82) is 0 Å². The van der Waals surface area contributed by atoms with Gasteiger partial charge in [0.1, 0.15) is 11.6 Å². The molecule has 0 amide bonds. The van der Waals surface area contributed by atoms with E-state index in [2.05, 4.69) is 31.1 Å². The Morgan fingerprint density at radius 1 is 1.19 bits per heavy atom. The minimum Gasteiger partial charge on any atom is -0.508 e. The van der Waals surface area contributed by atoms with E-state index in [0.717, 1.165) is 23.1 Å². The van der Waals surface area contributed by atoms with Crippen LogP contribution in [-0.4, -0.2) is 16.6 Å². The Morgan fingerprint density at radius 2 is 2.00 bits per heavy atom. The lowest BCUT2D eigenvalue weighted by molar-refractivity contribution is 0.342. The zero-order valence-corrected chi connectivity index (χ0v) is 13.3. The Kier molecular flexibility index (Phi) is 5.05. The molecule has 0 spiro atoms. The number of pyridine rings is 1. The molecule has 0 saturated carbocycles. The van der Waals surface area contributed by atoms with Crippen LogP contribution >= 0.6 is 0 Å². The first kappa shape index (κ1) is 15.6. The summed E-state index contributed by atoms with van der Waals surface area (Å²) in [4.78, 5) is 4.43. The molecule has 0 saturated heterocycles. The first-order valence-electron chi connectivity index (χ1n) is 7.83. The maximum Gasteiger partial charge on any atom is 0.133 e. The van der Waals surface area contributed by atoms with Gasteiger partial charge in [0.15, 0.2) is 0 Å². The molecule has 0 atom stereocenters. The molecule has 114 valence electrons. The zero-order valence-electron chi connectivity index (χ0n) is 13.3. The van der Waals surface area contributed by atoms with Gasteiger partial charge >= 0.3 is 0 Å². The van der Waals surface area contributed by atoms with Gasteiger partial charge in [-0.1, -0.05) is 46.1 Å². The van der Waals surface area contributed by atoms with Gasteiger partial charge in [0.2, 0.25) is 0 Å². The first-order valence-corrected chi connectivity index (χ1v) is 7.83. The van der Waals surface area contributed by atoms with Gasteiger partial charge in [-0.05, 0) is 35.4 Å². The molecule has 3 heteroatoms. The molecule has 2 N–H and O–H groups in total. The minimum atomic E-state index is 0.246. The van der Waals surface area contributed by atoms with E-state index < -0.39 is 0 Å². The Hall–Kier alpha value is -1.77. The quantitative estimate of drug-likeness (QED) is 0.707. The highest BCUT2D eigenvalue weighted by Crippen LogP contribution is 2.28. The highest BCUT2D eigenvalue weighted by atomic mass is 16.3. The lowest BCUT2D eigenvalue weighted by atomic mass is 9.87. The van der Waals surface area contributed by atoms with Gasteiger partial charge in [-0.2, -0.15) is 0 Å². The molecular weight excluding hydrogens is 260 g/mol. The summed E-state index contributed by atoms with van der Waals surface area (Å²) in [6, 6.07) is 7.37. The fourth-order valence-electron chi connectivity index (χ4n) is 2.56. The van der Waals surface area contributed by atoms with Crippen LogP contribution in [0.1, 0.15) is 46.5 Å². The lowest BCUT2D eigenvalue weighted by Gasteiger charge is -2.25. The van der Waals surface area contributed by atoms with E-state index in [0.29, 0.717) is 0 Å². The normalized spacial score (nSPS) is 11.8. The number of unbranched alkanes of at least 4 members (excludes halogenated alkanes) is 2. The van der Waals surface area contributed by atoms with Gasteiger partial charge in [0.25, 0.3) is 0 Å². The maximum absolute atomic E-state index is 9.67. The number of hydrogen-bond donors (Lipinski definition) is 2. The summed E-state index contributed by atoms with van der Waals surface area (Å²) in [7, 11) is 0. The molecule has 0 aliphatic carbocycles. The Labute approximate surface area is 127 Å². The number of hydrogen-bond acceptors (Lipinski definition) is 3. The fraction of sp³-hybridized carbons (Fsp3) is 0.500. The van der Waals surface area contributed by atoms with E-state index in [9.17, 15) is 5.11 Å². The van der Waals surface area contributed by atoms with Crippen LogP contribution in [0.3, 0.4) is 0 Å². The van der Waals surface area contributed by atoms with E-state index in [4.69, 9.17) is 0 Å². The van der Waals surface area contributed by atoms with Crippen LogP contribution in [0.4, 0.5) is 5.82 Å². The van der Waals surface area contributed by atoms with Crippen molar-refractivity contribution in [2.75, 3.05) is 11.9 Å². The van der Waals surface area contributed by atoms with Crippen molar-refractivity contribution in [1.82, 2.24) is 4.98 Å². The van der Waals surface area contributed by atoms with Crippen LogP contribution < -0.4 is 5.32 Å². The molecule has 2 rings (SSSR count). The molecule has 0 aliphatic rings. The number of aromatic hydroxyl groups is 1. The maximum atomic E-state index is 9.67. The minimum absolute atomic E-state index is 0.246. The molecule has 1 aromatic heterocycles. The molecule has 0 bridgehead atoms. The predicted molar refractivity (Wildman–Crippen MR) is 89.8 cm³/mol. The van der Waals surface area contributed by atoms with Crippen LogP contribution in [-0.2, 0) is 0 Å². The summed E-state index contributed by atoms with van der Waals surface area (Å²) >= 11 is 0. The van der Waals surface area contributed by atoms with Gasteiger partial charge in [0, 0.05) is 18.1 Å². The number of phenolic OH excluding ortho intramolecular Hbond substituents is 1. The zero-order chi connectivity index (χ0) is 15.3. The molecule has 1 aromatic carbocycles. The summed E-state index contributed by atoms with van der Waals surface area (Å²) in [5, 5.41) is 15.2. The van der Waals surface area contributed by atoms with Crippen molar-refractivity contribution < 1.29 is 5.11 Å². The van der Waals surface area contributed by atoms with E-state index >= 15 is 0 Å². The molecule has 0 fully saturated rings. The molecule has 0 aliphatic heterocycles. The van der Waals surface area contributed by atoms with Gasteiger partial charge in [-0.25, -0.2) is 4.98 Å². The molecule has 21 heavy (non-hydrogen) atoms. The smallest absolute Gasteiger partial charge is 0.133 e. The van der Waals surface area contributed by atoms with E-state index in [-0.39, 0.29) is 11.2 Å². The topological polar surface area (TPSA) is 45.2 Å². The SMILES string of the molecule is CCCCCC(C)(C)CNc1nccc2ccc(O)cc12. The van der Waals surface area contributed by atoms with Gasteiger partial charge in [-0.3, -0.25) is 0 Å². The van der Waals surface area contributed by atoms with E-state index in [1.54, 1.807) is 12.1 Å². The summed E-state index contributed by atoms with van der Waals surface area (Å²) in [5.74, 6) is 1.13.